The lowest BCUT2D eigenvalue weighted by Crippen LogP contribution is -2.67. The van der Waals surface area contributed by atoms with Gasteiger partial charge in [0.25, 0.3) is 0 Å². The Morgan fingerprint density at radius 3 is 2.86 bits per heavy atom. The molecule has 0 aromatic carbocycles. The highest BCUT2D eigenvalue weighted by Crippen LogP contribution is 2.27. The van der Waals surface area contributed by atoms with Crippen molar-refractivity contribution < 1.29 is 0 Å². The summed E-state index contributed by atoms with van der Waals surface area (Å²) in [7, 11) is 0. The molecule has 1 saturated heterocycles. The van der Waals surface area contributed by atoms with E-state index in [0.717, 1.165) is 25.2 Å². The predicted octanol–water partition coefficient (Wildman–Crippen LogP) is 1.32. The van der Waals surface area contributed by atoms with E-state index in [-0.39, 0.29) is 5.54 Å². The molecule has 0 aliphatic carbocycles. The van der Waals surface area contributed by atoms with Gasteiger partial charge in [-0.15, -0.1) is 0 Å². The van der Waals surface area contributed by atoms with Gasteiger partial charge in [-0.05, 0) is 25.5 Å². The molecule has 2 heterocycles. The minimum Gasteiger partial charge on any atom is -0.368 e. The van der Waals surface area contributed by atoms with E-state index in [0.29, 0.717) is 0 Å². The molecule has 1 aromatic heterocycles. The van der Waals surface area contributed by atoms with E-state index >= 15 is 0 Å². The number of nitrogens with two attached hydrogens (primary N) is 1. The Morgan fingerprint density at radius 1 is 1.57 bits per heavy atom. The molecule has 1 fully saturated rings. The lowest BCUT2D eigenvalue weighted by molar-refractivity contribution is 0.322. The smallest absolute Gasteiger partial charge is 0.0507 e. The lowest BCUT2D eigenvalue weighted by atomic mass is 9.88. The van der Waals surface area contributed by atoms with Gasteiger partial charge in [-0.2, -0.15) is 0 Å². The first-order valence-electron chi connectivity index (χ1n) is 5.09. The second-order valence-corrected chi connectivity index (χ2v) is 4.23. The van der Waals surface area contributed by atoms with Gasteiger partial charge in [0.15, 0.2) is 0 Å². The zero-order valence-corrected chi connectivity index (χ0v) is 8.83. The van der Waals surface area contributed by atoms with Crippen LogP contribution in [0, 0.1) is 6.92 Å². The molecule has 0 bridgehead atoms. The minimum atomic E-state index is 0.0389. The number of pyridine rings is 1. The molecule has 1 aliphatic heterocycles. The zero-order chi connectivity index (χ0) is 10.2. The van der Waals surface area contributed by atoms with Crippen molar-refractivity contribution in [2.75, 3.05) is 18.0 Å². The van der Waals surface area contributed by atoms with Crippen molar-refractivity contribution in [1.82, 2.24) is 4.98 Å². The van der Waals surface area contributed by atoms with Gasteiger partial charge >= 0.3 is 0 Å². The third-order valence-corrected chi connectivity index (χ3v) is 2.96. The van der Waals surface area contributed by atoms with Crippen molar-refractivity contribution in [3.05, 3.63) is 24.0 Å². The monoisotopic (exact) mass is 191 g/mol. The number of aromatic nitrogens is 1. The fourth-order valence-electron chi connectivity index (χ4n) is 1.85. The summed E-state index contributed by atoms with van der Waals surface area (Å²) in [6.07, 6.45) is 2.90. The highest BCUT2D eigenvalue weighted by molar-refractivity contribution is 5.50. The third-order valence-electron chi connectivity index (χ3n) is 2.96. The van der Waals surface area contributed by atoms with Gasteiger partial charge in [0.2, 0.25) is 0 Å². The summed E-state index contributed by atoms with van der Waals surface area (Å²) in [5, 5.41) is 0. The molecule has 3 nitrogen and oxygen atoms in total. The van der Waals surface area contributed by atoms with Crippen LogP contribution in [0.3, 0.4) is 0 Å². The van der Waals surface area contributed by atoms with Crippen LogP contribution in [0.2, 0.25) is 0 Å². The second-order valence-electron chi connectivity index (χ2n) is 4.23. The van der Waals surface area contributed by atoms with Gasteiger partial charge in [-0.3, -0.25) is 4.98 Å². The van der Waals surface area contributed by atoms with E-state index in [4.69, 9.17) is 5.73 Å². The molecule has 1 aliphatic rings. The van der Waals surface area contributed by atoms with Gasteiger partial charge in [0.05, 0.1) is 5.54 Å². The van der Waals surface area contributed by atoms with Crippen LogP contribution in [0.4, 0.5) is 5.69 Å². The van der Waals surface area contributed by atoms with Gasteiger partial charge in [0.1, 0.15) is 0 Å². The Morgan fingerprint density at radius 2 is 2.29 bits per heavy atom. The summed E-state index contributed by atoms with van der Waals surface area (Å²) in [4.78, 5) is 6.48. The number of aryl methyl sites for hydroxylation is 1. The Labute approximate surface area is 84.9 Å². The van der Waals surface area contributed by atoms with E-state index in [9.17, 15) is 0 Å². The van der Waals surface area contributed by atoms with Gasteiger partial charge in [-0.25, -0.2) is 0 Å². The molecule has 3 heteroatoms. The SMILES string of the molecule is CCC1(N)CN(c2ccnc(C)c2)C1. The maximum Gasteiger partial charge on any atom is 0.0507 e. The van der Waals surface area contributed by atoms with Crippen molar-refractivity contribution in [1.29, 1.82) is 0 Å². The van der Waals surface area contributed by atoms with Crippen LogP contribution in [0.15, 0.2) is 18.3 Å². The Bertz CT molecular complexity index is 329. The minimum absolute atomic E-state index is 0.0389. The first-order chi connectivity index (χ1) is 6.63. The van der Waals surface area contributed by atoms with E-state index < -0.39 is 0 Å². The van der Waals surface area contributed by atoms with Crippen molar-refractivity contribution in [2.24, 2.45) is 5.73 Å². The molecule has 0 atom stereocenters. The summed E-state index contributed by atoms with van der Waals surface area (Å²) >= 11 is 0. The molecule has 0 unspecified atom stereocenters. The van der Waals surface area contributed by atoms with Crippen LogP contribution >= 0.6 is 0 Å². The molecule has 0 radical (unpaired) electrons. The molecule has 0 amide bonds. The fourth-order valence-corrected chi connectivity index (χ4v) is 1.85. The average Bonchev–Trinajstić information content (AvgIpc) is 2.13. The van der Waals surface area contributed by atoms with Crippen molar-refractivity contribution in [3.8, 4) is 0 Å². The Hall–Kier alpha value is -1.09. The van der Waals surface area contributed by atoms with Gasteiger partial charge in [-0.1, -0.05) is 6.92 Å². The van der Waals surface area contributed by atoms with E-state index in [1.54, 1.807) is 0 Å². The quantitative estimate of drug-likeness (QED) is 0.766. The largest absolute Gasteiger partial charge is 0.368 e. The van der Waals surface area contributed by atoms with E-state index in [2.05, 4.69) is 22.9 Å². The molecule has 14 heavy (non-hydrogen) atoms. The molecule has 0 spiro atoms. The maximum atomic E-state index is 6.11. The highest BCUT2D eigenvalue weighted by atomic mass is 15.2. The Balaban J connectivity index is 2.06. The molecular formula is C11H17N3. The maximum absolute atomic E-state index is 6.11. The van der Waals surface area contributed by atoms with E-state index in [1.807, 2.05) is 19.2 Å². The summed E-state index contributed by atoms with van der Waals surface area (Å²) in [5.74, 6) is 0. The van der Waals surface area contributed by atoms with Crippen molar-refractivity contribution in [3.63, 3.8) is 0 Å². The molecule has 76 valence electrons. The molecule has 1 aromatic rings. The predicted molar refractivity (Wildman–Crippen MR) is 58.4 cm³/mol. The topological polar surface area (TPSA) is 42.1 Å². The van der Waals surface area contributed by atoms with E-state index in [1.165, 1.54) is 5.69 Å². The summed E-state index contributed by atoms with van der Waals surface area (Å²) in [6, 6.07) is 4.15. The number of hydrogen-bond donors (Lipinski definition) is 1. The normalized spacial score (nSPS) is 19.2. The molecular weight excluding hydrogens is 174 g/mol. The third kappa shape index (κ3) is 1.60. The first-order valence-corrected chi connectivity index (χ1v) is 5.09. The highest BCUT2D eigenvalue weighted by Gasteiger charge is 2.37. The number of hydrogen-bond acceptors (Lipinski definition) is 3. The fraction of sp³-hybridized carbons (Fsp3) is 0.545. The van der Waals surface area contributed by atoms with Crippen LogP contribution in [0.1, 0.15) is 19.0 Å². The van der Waals surface area contributed by atoms with Crippen molar-refractivity contribution >= 4 is 5.69 Å². The summed E-state index contributed by atoms with van der Waals surface area (Å²) in [5.41, 5.74) is 8.46. The standard InChI is InChI=1S/C11H17N3/c1-3-11(12)7-14(8-11)10-4-5-13-9(2)6-10/h4-6H,3,7-8,12H2,1-2H3. The van der Waals surface area contributed by atoms with Crippen LogP contribution in [-0.4, -0.2) is 23.6 Å². The molecule has 0 saturated carbocycles. The molecule has 2 N–H and O–H groups in total. The van der Waals surface area contributed by atoms with Crippen LogP contribution < -0.4 is 10.6 Å². The van der Waals surface area contributed by atoms with Crippen LogP contribution in [0.5, 0.6) is 0 Å². The number of anilines is 1. The van der Waals surface area contributed by atoms with Crippen LogP contribution in [-0.2, 0) is 0 Å². The first kappa shape index (κ1) is 9.46. The Kier molecular flexibility index (Phi) is 2.19. The summed E-state index contributed by atoms with van der Waals surface area (Å²) < 4.78 is 0. The second kappa shape index (κ2) is 3.24. The summed E-state index contributed by atoms with van der Waals surface area (Å²) in [6.45, 7) is 6.09. The lowest BCUT2D eigenvalue weighted by Gasteiger charge is -2.48. The number of nitrogens with zero attached hydrogens (tertiary/aromatic N) is 2. The molecule has 2 rings (SSSR count). The zero-order valence-electron chi connectivity index (χ0n) is 8.83. The number of rotatable bonds is 2. The van der Waals surface area contributed by atoms with Crippen molar-refractivity contribution in [2.45, 2.75) is 25.8 Å². The average molecular weight is 191 g/mol. The van der Waals surface area contributed by atoms with Crippen LogP contribution in [0.25, 0.3) is 0 Å². The van der Waals surface area contributed by atoms with Gasteiger partial charge < -0.3 is 10.6 Å². The van der Waals surface area contributed by atoms with Gasteiger partial charge in [0, 0.05) is 30.7 Å².